The summed E-state index contributed by atoms with van der Waals surface area (Å²) in [5, 5.41) is 4.49. The van der Waals surface area contributed by atoms with Crippen LogP contribution in [0.4, 0.5) is 5.69 Å². The summed E-state index contributed by atoms with van der Waals surface area (Å²) in [5.74, 6) is 1.26. The number of nitrogens with one attached hydrogen (secondary N) is 1. The van der Waals surface area contributed by atoms with Crippen LogP contribution < -0.4 is 5.32 Å². The maximum absolute atomic E-state index is 15.2. The predicted octanol–water partition coefficient (Wildman–Crippen LogP) is 5.90. The minimum Gasteiger partial charge on any atom is -0.324 e. The molecule has 1 amide bonds. The smallest absolute Gasteiger partial charge is 0.250 e. The van der Waals surface area contributed by atoms with E-state index in [9.17, 15) is 4.79 Å². The van der Waals surface area contributed by atoms with Crippen molar-refractivity contribution in [3.05, 3.63) is 105 Å². The molecule has 1 N–H and O–H groups in total. The molecule has 4 aliphatic heterocycles. The van der Waals surface area contributed by atoms with Gasteiger partial charge in [0.1, 0.15) is 5.54 Å². The molecule has 5 nitrogen and oxygen atoms in total. The molecule has 7 rings (SSSR count). The molecule has 3 fully saturated rings. The number of hydrogen-bond acceptors (Lipinski definition) is 5. The quantitative estimate of drug-likeness (QED) is 0.386. The van der Waals surface area contributed by atoms with Crippen molar-refractivity contribution in [2.45, 2.75) is 17.5 Å². The van der Waals surface area contributed by atoms with Gasteiger partial charge in [-0.2, -0.15) is 0 Å². The molecule has 0 radical (unpaired) electrons. The number of fused-ring (bicyclic) bond motifs is 5. The average Bonchev–Trinajstić information content (AvgIpc) is 3.57. The number of rotatable bonds is 2. The Balaban J connectivity index is 1.52. The largest absolute Gasteiger partial charge is 0.324 e. The minimum absolute atomic E-state index is 0.0142. The third-order valence-electron chi connectivity index (χ3n) is 8.90. The van der Waals surface area contributed by atoms with E-state index in [1.165, 1.54) is 0 Å². The first kappa shape index (κ1) is 25.4. The van der Waals surface area contributed by atoms with E-state index in [0.29, 0.717) is 34.6 Å². The number of piperidine rings is 1. The van der Waals surface area contributed by atoms with Gasteiger partial charge in [0.05, 0.1) is 5.41 Å². The highest BCUT2D eigenvalue weighted by Gasteiger charge is 2.78. The number of amides is 1. The number of halogens is 2. The van der Waals surface area contributed by atoms with Crippen LogP contribution in [0.25, 0.3) is 6.08 Å². The third kappa shape index (κ3) is 3.49. The molecule has 0 aromatic heterocycles. The lowest BCUT2D eigenvalue weighted by atomic mass is 9.55. The topological polar surface area (TPSA) is 52.7 Å². The van der Waals surface area contributed by atoms with Crippen molar-refractivity contribution in [2.24, 2.45) is 5.41 Å². The molecular formula is C31H27Cl2N3O2S. The molecule has 2 spiro atoms. The van der Waals surface area contributed by atoms with Crippen molar-refractivity contribution in [3.63, 3.8) is 0 Å². The number of ketones is 1. The zero-order valence-corrected chi connectivity index (χ0v) is 23.7. The number of likely N-dealkylation sites (tertiary alicyclic amines) is 1. The van der Waals surface area contributed by atoms with Gasteiger partial charge in [-0.1, -0.05) is 65.7 Å². The Morgan fingerprint density at radius 3 is 2.41 bits per heavy atom. The van der Waals surface area contributed by atoms with Gasteiger partial charge in [0.25, 0.3) is 5.91 Å². The van der Waals surface area contributed by atoms with E-state index in [1.54, 1.807) is 0 Å². The van der Waals surface area contributed by atoms with Crippen LogP contribution in [0.1, 0.15) is 22.6 Å². The highest BCUT2D eigenvalue weighted by molar-refractivity contribution is 7.99. The van der Waals surface area contributed by atoms with Gasteiger partial charge in [0.2, 0.25) is 0 Å². The maximum Gasteiger partial charge on any atom is 0.250 e. The summed E-state index contributed by atoms with van der Waals surface area (Å²) in [5.41, 5.74) is 2.17. The molecule has 3 saturated heterocycles. The van der Waals surface area contributed by atoms with E-state index < -0.39 is 11.0 Å². The molecule has 8 heteroatoms. The lowest BCUT2D eigenvalue weighted by molar-refractivity contribution is -0.146. The van der Waals surface area contributed by atoms with E-state index in [4.69, 9.17) is 23.2 Å². The van der Waals surface area contributed by atoms with E-state index >= 15 is 4.79 Å². The Morgan fingerprint density at radius 1 is 0.974 bits per heavy atom. The molecule has 0 aliphatic carbocycles. The highest BCUT2D eigenvalue weighted by atomic mass is 35.5. The molecule has 4 aliphatic rings. The summed E-state index contributed by atoms with van der Waals surface area (Å²) >= 11 is 14.3. The van der Waals surface area contributed by atoms with Gasteiger partial charge >= 0.3 is 0 Å². The second kappa shape index (κ2) is 9.22. The van der Waals surface area contributed by atoms with E-state index in [2.05, 4.69) is 15.1 Å². The highest BCUT2D eigenvalue weighted by Crippen LogP contribution is 2.68. The minimum atomic E-state index is -1.13. The van der Waals surface area contributed by atoms with Gasteiger partial charge in [0, 0.05) is 63.5 Å². The van der Waals surface area contributed by atoms with Crippen LogP contribution in [0.5, 0.6) is 0 Å². The number of hydrogen-bond donors (Lipinski definition) is 1. The Hall–Kier alpha value is -2.61. The van der Waals surface area contributed by atoms with Gasteiger partial charge < -0.3 is 10.2 Å². The Kier molecular flexibility index (Phi) is 5.99. The average molecular weight is 577 g/mol. The first-order chi connectivity index (χ1) is 18.9. The SMILES string of the molecule is CN1C/C(=C\c2ccc(Cl)cc2)C(=O)[C@]2(C1)[C@@H](c1ccc(Cl)cc1)[C@@H]1CSCN1[C@@]21C(=O)Nc2ccccc21. The van der Waals surface area contributed by atoms with E-state index in [1.807, 2.05) is 97.7 Å². The summed E-state index contributed by atoms with van der Waals surface area (Å²) in [6.45, 7) is 0.978. The van der Waals surface area contributed by atoms with E-state index in [0.717, 1.165) is 28.1 Å². The summed E-state index contributed by atoms with van der Waals surface area (Å²) in [4.78, 5) is 34.2. The van der Waals surface area contributed by atoms with Gasteiger partial charge in [-0.05, 0) is 54.6 Å². The monoisotopic (exact) mass is 575 g/mol. The molecule has 198 valence electrons. The number of benzene rings is 3. The first-order valence-corrected chi connectivity index (χ1v) is 15.0. The van der Waals surface area contributed by atoms with Crippen molar-refractivity contribution in [3.8, 4) is 0 Å². The van der Waals surface area contributed by atoms with Crippen molar-refractivity contribution in [1.29, 1.82) is 0 Å². The summed E-state index contributed by atoms with van der Waals surface area (Å²) in [7, 11) is 2.05. The number of nitrogens with zero attached hydrogens (tertiary/aromatic N) is 2. The van der Waals surface area contributed by atoms with Gasteiger partial charge in [-0.3, -0.25) is 14.5 Å². The van der Waals surface area contributed by atoms with Gasteiger partial charge in [-0.15, -0.1) is 11.8 Å². The molecule has 4 atom stereocenters. The molecule has 3 aromatic rings. The number of carbonyl (C=O) groups excluding carboxylic acids is 2. The van der Waals surface area contributed by atoms with Crippen molar-refractivity contribution < 1.29 is 9.59 Å². The molecular weight excluding hydrogens is 549 g/mol. The number of carbonyl (C=O) groups is 2. The predicted molar refractivity (Wildman–Crippen MR) is 158 cm³/mol. The van der Waals surface area contributed by atoms with Gasteiger partial charge in [-0.25, -0.2) is 0 Å². The number of para-hydroxylation sites is 1. The Bertz CT molecular complexity index is 1530. The lowest BCUT2D eigenvalue weighted by Crippen LogP contribution is -2.65. The fraction of sp³-hybridized carbons (Fsp3) is 0.290. The number of thioether (sulfide) groups is 1. The van der Waals surface area contributed by atoms with Crippen LogP contribution in [-0.2, 0) is 15.1 Å². The molecule has 3 aromatic carbocycles. The maximum atomic E-state index is 15.2. The normalized spacial score (nSPS) is 31.3. The Morgan fingerprint density at radius 2 is 1.67 bits per heavy atom. The van der Waals surface area contributed by atoms with Crippen LogP contribution in [-0.4, -0.2) is 59.3 Å². The zero-order valence-electron chi connectivity index (χ0n) is 21.4. The van der Waals surface area contributed by atoms with Crippen LogP contribution in [0.15, 0.2) is 78.4 Å². The Labute approximate surface area is 242 Å². The van der Waals surface area contributed by atoms with Crippen LogP contribution in [0.2, 0.25) is 10.0 Å². The molecule has 39 heavy (non-hydrogen) atoms. The number of Topliss-reactive ketones (excluding diaryl/α,β-unsaturated/α-hetero) is 1. The standard InChI is InChI=1S/C31H27Cl2N3O2S/c1-35-15-21(14-19-6-10-22(32)11-7-19)28(37)30(17-35)27(20-8-12-23(33)13-9-20)26-16-39-18-36(26)31(30)24-4-2-3-5-25(24)34-29(31)38/h2-14,26-27H,15-18H2,1H3,(H,34,38)/b21-14+/t26-,27-,30-,31-/m0/s1. The number of likely N-dealkylation sites (N-methyl/N-ethyl adjacent to an activating group) is 1. The van der Waals surface area contributed by atoms with E-state index in [-0.39, 0.29) is 23.7 Å². The third-order valence-corrected chi connectivity index (χ3v) is 10.4. The molecule has 0 bridgehead atoms. The molecule has 0 saturated carbocycles. The van der Waals surface area contributed by atoms with Crippen LogP contribution in [0.3, 0.4) is 0 Å². The first-order valence-electron chi connectivity index (χ1n) is 13.1. The van der Waals surface area contributed by atoms with Crippen LogP contribution in [0, 0.1) is 5.41 Å². The van der Waals surface area contributed by atoms with Crippen LogP contribution >= 0.6 is 35.0 Å². The second-order valence-corrected chi connectivity index (χ2v) is 12.8. The summed E-state index contributed by atoms with van der Waals surface area (Å²) in [6.07, 6.45) is 1.97. The molecule has 4 heterocycles. The zero-order chi connectivity index (χ0) is 26.9. The van der Waals surface area contributed by atoms with Gasteiger partial charge in [0.15, 0.2) is 5.78 Å². The fourth-order valence-electron chi connectivity index (χ4n) is 7.63. The summed E-state index contributed by atoms with van der Waals surface area (Å²) < 4.78 is 0. The fourth-order valence-corrected chi connectivity index (χ4v) is 9.18. The van der Waals surface area contributed by atoms with Crippen molar-refractivity contribution in [2.75, 3.05) is 37.1 Å². The van der Waals surface area contributed by atoms with Crippen molar-refractivity contribution in [1.82, 2.24) is 9.80 Å². The molecule has 0 unspecified atom stereocenters. The summed E-state index contributed by atoms with van der Waals surface area (Å²) in [6, 6.07) is 23.3. The van der Waals surface area contributed by atoms with Crippen molar-refractivity contribution >= 4 is 58.4 Å². The second-order valence-electron chi connectivity index (χ2n) is 11.0. The lowest BCUT2D eigenvalue weighted by Gasteiger charge is -2.51. The number of anilines is 1.